The second kappa shape index (κ2) is 11.0. The molecule has 0 spiro atoms. The topological polar surface area (TPSA) is 67.2 Å². The highest BCUT2D eigenvalue weighted by atomic mass is 16.2. The Morgan fingerprint density at radius 2 is 1.57 bits per heavy atom. The Labute approximate surface area is 218 Å². The number of carbonyl (C=O) groups is 2. The minimum atomic E-state index is -0.335. The van der Waals surface area contributed by atoms with E-state index < -0.39 is 0 Å². The first-order valence-electron chi connectivity index (χ1n) is 13.1. The molecule has 1 N–H and O–H groups in total. The second-order valence-corrected chi connectivity index (χ2v) is 10.1. The number of aromatic nitrogens is 2. The van der Waals surface area contributed by atoms with Crippen LogP contribution >= 0.6 is 0 Å². The van der Waals surface area contributed by atoms with Gasteiger partial charge in [-0.3, -0.25) is 9.59 Å². The summed E-state index contributed by atoms with van der Waals surface area (Å²) in [5, 5.41) is 3.10. The molecule has 0 radical (unpaired) electrons. The van der Waals surface area contributed by atoms with Crippen LogP contribution in [0.5, 0.6) is 0 Å². The number of piperidine rings is 1. The van der Waals surface area contributed by atoms with Crippen molar-refractivity contribution < 1.29 is 9.59 Å². The van der Waals surface area contributed by atoms with E-state index in [-0.39, 0.29) is 30.8 Å². The van der Waals surface area contributed by atoms with E-state index in [0.29, 0.717) is 11.7 Å². The standard InChI is InChI=1S/C31H34N4O2/c1-22-16-18-34(19-17-22)30(37)21-35-28-11-7-6-10-27(28)33-31(35)23(2)32-29(36)20-24-12-14-26(15-13-24)25-8-4-3-5-9-25/h3-15,22-23H,16-21H2,1-2H3,(H,32,36). The summed E-state index contributed by atoms with van der Waals surface area (Å²) >= 11 is 0. The summed E-state index contributed by atoms with van der Waals surface area (Å²) in [5.41, 5.74) is 4.97. The SMILES string of the molecule is CC1CCN(C(=O)Cn2c(C(C)NC(=O)Cc3ccc(-c4ccccc4)cc3)nc3ccccc32)CC1. The van der Waals surface area contributed by atoms with Crippen molar-refractivity contribution in [2.75, 3.05) is 13.1 Å². The number of rotatable bonds is 7. The lowest BCUT2D eigenvalue weighted by Gasteiger charge is -2.30. The molecule has 1 atom stereocenters. The summed E-state index contributed by atoms with van der Waals surface area (Å²) in [6.07, 6.45) is 2.37. The molecular weight excluding hydrogens is 460 g/mol. The lowest BCUT2D eigenvalue weighted by Crippen LogP contribution is -2.40. The van der Waals surface area contributed by atoms with Crippen molar-refractivity contribution in [1.29, 1.82) is 0 Å². The fraction of sp³-hybridized carbons (Fsp3) is 0.323. The number of nitrogens with one attached hydrogen (secondary N) is 1. The molecule has 5 rings (SSSR count). The Kier molecular flexibility index (Phi) is 7.35. The maximum Gasteiger partial charge on any atom is 0.242 e. The molecule has 0 saturated carbocycles. The van der Waals surface area contributed by atoms with E-state index in [1.165, 1.54) is 0 Å². The van der Waals surface area contributed by atoms with Gasteiger partial charge in [0.2, 0.25) is 11.8 Å². The van der Waals surface area contributed by atoms with Crippen LogP contribution in [0.25, 0.3) is 22.2 Å². The van der Waals surface area contributed by atoms with Crippen molar-refractivity contribution in [3.8, 4) is 11.1 Å². The first-order valence-corrected chi connectivity index (χ1v) is 13.1. The highest BCUT2D eigenvalue weighted by Crippen LogP contribution is 2.23. The van der Waals surface area contributed by atoms with E-state index in [4.69, 9.17) is 4.98 Å². The predicted molar refractivity (Wildman–Crippen MR) is 147 cm³/mol. The minimum Gasteiger partial charge on any atom is -0.346 e. The molecule has 1 unspecified atom stereocenters. The number of imidazole rings is 1. The maximum atomic E-state index is 13.2. The number of para-hydroxylation sites is 2. The molecule has 0 bridgehead atoms. The number of amides is 2. The van der Waals surface area contributed by atoms with E-state index in [1.807, 2.05) is 83.1 Å². The minimum absolute atomic E-state index is 0.0742. The van der Waals surface area contributed by atoms with Crippen LogP contribution in [0, 0.1) is 5.92 Å². The molecular formula is C31H34N4O2. The number of hydrogen-bond acceptors (Lipinski definition) is 3. The van der Waals surface area contributed by atoms with Crippen LogP contribution in [-0.2, 0) is 22.6 Å². The van der Waals surface area contributed by atoms with E-state index >= 15 is 0 Å². The third-order valence-electron chi connectivity index (χ3n) is 7.30. The Morgan fingerprint density at radius 3 is 2.30 bits per heavy atom. The molecule has 1 aromatic heterocycles. The van der Waals surface area contributed by atoms with Crippen molar-refractivity contribution in [3.63, 3.8) is 0 Å². The average molecular weight is 495 g/mol. The molecule has 37 heavy (non-hydrogen) atoms. The summed E-state index contributed by atoms with van der Waals surface area (Å²) in [6.45, 7) is 6.01. The quantitative estimate of drug-likeness (QED) is 0.375. The van der Waals surface area contributed by atoms with Gasteiger partial charge in [0.15, 0.2) is 0 Å². The number of fused-ring (bicyclic) bond motifs is 1. The molecule has 6 nitrogen and oxygen atoms in total. The zero-order valence-corrected chi connectivity index (χ0v) is 21.6. The second-order valence-electron chi connectivity index (χ2n) is 10.1. The number of carbonyl (C=O) groups excluding carboxylic acids is 2. The first kappa shape index (κ1) is 24.8. The van der Waals surface area contributed by atoms with E-state index in [9.17, 15) is 9.59 Å². The van der Waals surface area contributed by atoms with Crippen molar-refractivity contribution in [2.45, 2.75) is 45.7 Å². The summed E-state index contributed by atoms with van der Waals surface area (Å²) < 4.78 is 1.97. The van der Waals surface area contributed by atoms with Crippen LogP contribution in [-0.4, -0.2) is 39.4 Å². The summed E-state index contributed by atoms with van der Waals surface area (Å²) in [7, 11) is 0. The molecule has 1 aliphatic rings. The van der Waals surface area contributed by atoms with Gasteiger partial charge in [-0.1, -0.05) is 73.7 Å². The van der Waals surface area contributed by atoms with Gasteiger partial charge in [0.05, 0.1) is 23.5 Å². The monoisotopic (exact) mass is 494 g/mol. The molecule has 1 aliphatic heterocycles. The molecule has 4 aromatic rings. The average Bonchev–Trinajstić information content (AvgIpc) is 3.28. The first-order chi connectivity index (χ1) is 18.0. The molecule has 2 heterocycles. The number of nitrogens with zero attached hydrogens (tertiary/aromatic N) is 3. The lowest BCUT2D eigenvalue weighted by molar-refractivity contribution is -0.133. The highest BCUT2D eigenvalue weighted by Gasteiger charge is 2.24. The summed E-state index contributed by atoms with van der Waals surface area (Å²) in [5.74, 6) is 1.40. The van der Waals surface area contributed by atoms with Crippen LogP contribution in [0.3, 0.4) is 0 Å². The third kappa shape index (κ3) is 5.74. The van der Waals surface area contributed by atoms with Crippen molar-refractivity contribution >= 4 is 22.8 Å². The number of hydrogen-bond donors (Lipinski definition) is 1. The molecule has 190 valence electrons. The van der Waals surface area contributed by atoms with Gasteiger partial charge in [-0.15, -0.1) is 0 Å². The fourth-order valence-electron chi connectivity index (χ4n) is 5.07. The van der Waals surface area contributed by atoms with Crippen LogP contribution in [0.2, 0.25) is 0 Å². The normalized spacial score (nSPS) is 15.0. The van der Waals surface area contributed by atoms with Gasteiger partial charge in [-0.2, -0.15) is 0 Å². The lowest BCUT2D eigenvalue weighted by atomic mass is 9.99. The summed E-state index contributed by atoms with van der Waals surface area (Å²) in [4.78, 5) is 32.9. The van der Waals surface area contributed by atoms with E-state index in [0.717, 1.165) is 53.7 Å². The van der Waals surface area contributed by atoms with Gasteiger partial charge >= 0.3 is 0 Å². The maximum absolute atomic E-state index is 13.2. The van der Waals surface area contributed by atoms with Gasteiger partial charge in [-0.25, -0.2) is 4.98 Å². The van der Waals surface area contributed by atoms with Gasteiger partial charge in [0, 0.05) is 13.1 Å². The molecule has 2 amide bonds. The Bertz CT molecular complexity index is 1370. The van der Waals surface area contributed by atoms with Crippen LogP contribution in [0.15, 0.2) is 78.9 Å². The van der Waals surface area contributed by atoms with Crippen LogP contribution < -0.4 is 5.32 Å². The Hall–Kier alpha value is -3.93. The van der Waals surface area contributed by atoms with Crippen molar-refractivity contribution in [1.82, 2.24) is 19.8 Å². The predicted octanol–water partition coefficient (Wildman–Crippen LogP) is 5.38. The molecule has 1 fully saturated rings. The van der Waals surface area contributed by atoms with Gasteiger partial charge in [0.1, 0.15) is 12.4 Å². The van der Waals surface area contributed by atoms with Crippen molar-refractivity contribution in [3.05, 3.63) is 90.3 Å². The van der Waals surface area contributed by atoms with Gasteiger partial charge < -0.3 is 14.8 Å². The van der Waals surface area contributed by atoms with E-state index in [1.54, 1.807) is 0 Å². The Balaban J connectivity index is 1.28. The van der Waals surface area contributed by atoms with Crippen LogP contribution in [0.1, 0.15) is 44.1 Å². The van der Waals surface area contributed by atoms with Crippen LogP contribution in [0.4, 0.5) is 0 Å². The fourth-order valence-corrected chi connectivity index (χ4v) is 5.07. The zero-order valence-electron chi connectivity index (χ0n) is 21.6. The van der Waals surface area contributed by atoms with Crippen molar-refractivity contribution in [2.24, 2.45) is 5.92 Å². The molecule has 0 aliphatic carbocycles. The van der Waals surface area contributed by atoms with Gasteiger partial charge in [-0.05, 0) is 54.5 Å². The molecule has 6 heteroatoms. The third-order valence-corrected chi connectivity index (χ3v) is 7.30. The van der Waals surface area contributed by atoms with E-state index in [2.05, 4.69) is 24.4 Å². The highest BCUT2D eigenvalue weighted by molar-refractivity contribution is 5.82. The summed E-state index contributed by atoms with van der Waals surface area (Å²) in [6, 6.07) is 25.8. The van der Waals surface area contributed by atoms with Gasteiger partial charge in [0.25, 0.3) is 0 Å². The molecule has 1 saturated heterocycles. The Morgan fingerprint density at radius 1 is 0.919 bits per heavy atom. The molecule has 3 aromatic carbocycles. The zero-order chi connectivity index (χ0) is 25.8. The largest absolute Gasteiger partial charge is 0.346 e. The number of likely N-dealkylation sites (tertiary alicyclic amines) is 1. The number of benzene rings is 3. The smallest absolute Gasteiger partial charge is 0.242 e.